The van der Waals surface area contributed by atoms with Crippen LogP contribution in [0, 0.1) is 5.41 Å². The first-order valence-corrected chi connectivity index (χ1v) is 11.4. The molecule has 0 aliphatic heterocycles. The van der Waals surface area contributed by atoms with Crippen molar-refractivity contribution in [2.45, 2.75) is 111 Å². The number of ketones is 3. The first-order valence-electron chi connectivity index (χ1n) is 11.4. The van der Waals surface area contributed by atoms with Crippen molar-refractivity contribution >= 4 is 17.3 Å². The van der Waals surface area contributed by atoms with Crippen molar-refractivity contribution in [3.8, 4) is 0 Å². The number of carbonyl (C=O) groups is 3. The summed E-state index contributed by atoms with van der Waals surface area (Å²) in [4.78, 5) is 38.0. The zero-order valence-electron chi connectivity index (χ0n) is 22.7. The monoisotopic (exact) mass is 474 g/mol. The van der Waals surface area contributed by atoms with Gasteiger partial charge in [0.1, 0.15) is 22.9 Å². The number of aliphatic hydroxyl groups is 1. The van der Waals surface area contributed by atoms with Gasteiger partial charge in [-0.05, 0) is 82.6 Å². The third-order valence-corrected chi connectivity index (χ3v) is 6.20. The van der Waals surface area contributed by atoms with Gasteiger partial charge in [0.15, 0.2) is 17.3 Å². The van der Waals surface area contributed by atoms with Crippen LogP contribution >= 0.6 is 0 Å². The van der Waals surface area contributed by atoms with Gasteiger partial charge in [0.25, 0.3) is 0 Å². The highest BCUT2D eigenvalue weighted by Crippen LogP contribution is 2.30. The van der Waals surface area contributed by atoms with Gasteiger partial charge in [-0.3, -0.25) is 14.4 Å². The molecule has 0 amide bonds. The summed E-state index contributed by atoms with van der Waals surface area (Å²) < 4.78 is 22.8. The van der Waals surface area contributed by atoms with E-state index in [4.69, 9.17) is 18.9 Å². The summed E-state index contributed by atoms with van der Waals surface area (Å²) in [5.74, 6) is -0.907. The molecule has 8 heteroatoms. The number of carbonyl (C=O) groups excluding carboxylic acids is 3. The summed E-state index contributed by atoms with van der Waals surface area (Å²) in [6.45, 7) is 17.7. The first kappa shape index (κ1) is 31.8. The molecule has 0 bridgehead atoms. The molecule has 194 valence electrons. The maximum Gasteiger partial charge on any atom is 0.192 e. The highest BCUT2D eigenvalue weighted by Gasteiger charge is 2.46. The van der Waals surface area contributed by atoms with E-state index in [9.17, 15) is 19.5 Å². The van der Waals surface area contributed by atoms with Gasteiger partial charge < -0.3 is 24.1 Å². The molecule has 0 rings (SSSR count). The quantitative estimate of drug-likeness (QED) is 0.363. The summed E-state index contributed by atoms with van der Waals surface area (Å²) in [6, 6.07) is 0. The number of ether oxygens (including phenoxy) is 4. The number of hydrogen-bond donors (Lipinski definition) is 1. The van der Waals surface area contributed by atoms with Crippen LogP contribution in [0.2, 0.25) is 0 Å². The van der Waals surface area contributed by atoms with Crippen LogP contribution in [0.1, 0.15) is 82.6 Å². The number of hydrogen-bond acceptors (Lipinski definition) is 8. The molecule has 0 saturated heterocycles. The smallest absolute Gasteiger partial charge is 0.192 e. The number of Topliss-reactive ketones (excluding diaryl/α,β-unsaturated/α-hetero) is 3. The molecular weight excluding hydrogens is 428 g/mol. The van der Waals surface area contributed by atoms with Crippen LogP contribution in [0.15, 0.2) is 0 Å². The van der Waals surface area contributed by atoms with E-state index in [2.05, 4.69) is 0 Å². The molecular formula is C25H46O8. The van der Waals surface area contributed by atoms with Crippen molar-refractivity contribution in [2.24, 2.45) is 5.41 Å². The average molecular weight is 475 g/mol. The third-order valence-electron chi connectivity index (χ3n) is 6.20. The lowest BCUT2D eigenvalue weighted by molar-refractivity contribution is -0.174. The molecule has 0 aliphatic carbocycles. The van der Waals surface area contributed by atoms with E-state index in [1.165, 1.54) is 6.92 Å². The van der Waals surface area contributed by atoms with Crippen LogP contribution in [0.5, 0.6) is 0 Å². The van der Waals surface area contributed by atoms with Crippen LogP contribution in [-0.2, 0) is 33.3 Å². The summed E-state index contributed by atoms with van der Waals surface area (Å²) in [5, 5.41) is 10.0. The van der Waals surface area contributed by atoms with Gasteiger partial charge >= 0.3 is 0 Å². The molecule has 0 heterocycles. The second kappa shape index (κ2) is 11.5. The zero-order valence-corrected chi connectivity index (χ0v) is 22.7. The highest BCUT2D eigenvalue weighted by atomic mass is 16.5. The van der Waals surface area contributed by atoms with Crippen molar-refractivity contribution in [1.29, 1.82) is 0 Å². The van der Waals surface area contributed by atoms with Crippen molar-refractivity contribution in [3.05, 3.63) is 0 Å². The van der Waals surface area contributed by atoms with Crippen LogP contribution in [0.4, 0.5) is 0 Å². The molecule has 0 spiro atoms. The standard InChI is InChI=1S/C25H46O8/c1-17(33-22(5,6)18(2)27)19(28)23(7,8)32-16-25(11,15-26)20(29)24(9,10)31-14-13-21(3,4)30-12/h17,26H,13-16H2,1-12H3. The fourth-order valence-corrected chi connectivity index (χ4v) is 3.11. The lowest BCUT2D eigenvalue weighted by Crippen LogP contribution is -2.52. The van der Waals surface area contributed by atoms with Crippen molar-refractivity contribution in [1.82, 2.24) is 0 Å². The minimum Gasteiger partial charge on any atom is -0.395 e. The van der Waals surface area contributed by atoms with Crippen LogP contribution < -0.4 is 0 Å². The van der Waals surface area contributed by atoms with Crippen molar-refractivity contribution in [2.75, 3.05) is 26.9 Å². The third kappa shape index (κ3) is 9.17. The Balaban J connectivity index is 5.29. The molecule has 0 fully saturated rings. The van der Waals surface area contributed by atoms with Gasteiger partial charge in [0, 0.05) is 7.11 Å². The predicted molar refractivity (Wildman–Crippen MR) is 126 cm³/mol. The fourth-order valence-electron chi connectivity index (χ4n) is 3.11. The van der Waals surface area contributed by atoms with E-state index in [-0.39, 0.29) is 29.6 Å². The Kier molecular flexibility index (Phi) is 11.1. The Morgan fingerprint density at radius 1 is 0.848 bits per heavy atom. The lowest BCUT2D eigenvalue weighted by atomic mass is 9.79. The van der Waals surface area contributed by atoms with Gasteiger partial charge in [-0.25, -0.2) is 0 Å². The topological polar surface area (TPSA) is 108 Å². The molecule has 0 radical (unpaired) electrons. The highest BCUT2D eigenvalue weighted by molar-refractivity contribution is 5.93. The Morgan fingerprint density at radius 2 is 1.36 bits per heavy atom. The van der Waals surface area contributed by atoms with E-state index < -0.39 is 34.9 Å². The number of aliphatic hydroxyl groups excluding tert-OH is 1. The van der Waals surface area contributed by atoms with E-state index in [1.807, 2.05) is 13.8 Å². The van der Waals surface area contributed by atoms with Gasteiger partial charge in [0.05, 0.1) is 30.8 Å². The fraction of sp³-hybridized carbons (Fsp3) is 0.880. The van der Waals surface area contributed by atoms with E-state index in [0.717, 1.165) is 0 Å². The summed E-state index contributed by atoms with van der Waals surface area (Å²) >= 11 is 0. The largest absolute Gasteiger partial charge is 0.395 e. The van der Waals surface area contributed by atoms with E-state index in [0.29, 0.717) is 13.0 Å². The predicted octanol–water partition coefficient (Wildman–Crippen LogP) is 3.30. The van der Waals surface area contributed by atoms with Crippen molar-refractivity contribution < 1.29 is 38.4 Å². The Bertz CT molecular complexity index is 693. The molecule has 33 heavy (non-hydrogen) atoms. The number of rotatable bonds is 16. The maximum atomic E-state index is 13.3. The van der Waals surface area contributed by atoms with Gasteiger partial charge in [-0.15, -0.1) is 0 Å². The second-order valence-corrected chi connectivity index (χ2v) is 11.1. The Labute approximate surface area is 199 Å². The summed E-state index contributed by atoms with van der Waals surface area (Å²) in [5.41, 5.74) is -5.28. The molecule has 0 aliphatic rings. The number of methoxy groups -OCH3 is 1. The molecule has 0 aromatic heterocycles. The van der Waals surface area contributed by atoms with Crippen LogP contribution in [0.3, 0.4) is 0 Å². The van der Waals surface area contributed by atoms with Gasteiger partial charge in [-0.2, -0.15) is 0 Å². The normalized spacial score (nSPS) is 16.3. The van der Waals surface area contributed by atoms with Gasteiger partial charge in [-0.1, -0.05) is 0 Å². The minimum absolute atomic E-state index is 0.194. The van der Waals surface area contributed by atoms with Crippen LogP contribution in [0.25, 0.3) is 0 Å². The summed E-state index contributed by atoms with van der Waals surface area (Å²) in [6.07, 6.45) is -0.318. The van der Waals surface area contributed by atoms with Gasteiger partial charge in [0.2, 0.25) is 0 Å². The summed E-state index contributed by atoms with van der Waals surface area (Å²) in [7, 11) is 1.62. The maximum absolute atomic E-state index is 13.3. The molecule has 2 atom stereocenters. The van der Waals surface area contributed by atoms with E-state index in [1.54, 1.807) is 62.5 Å². The zero-order chi connectivity index (χ0) is 26.5. The SMILES string of the molecule is COC(C)(C)CCOC(C)(C)C(=O)C(C)(CO)COC(C)(C)C(=O)C(C)OC(C)(C)C(C)=O. The second-order valence-electron chi connectivity index (χ2n) is 11.1. The molecule has 0 saturated carbocycles. The van der Waals surface area contributed by atoms with Crippen molar-refractivity contribution in [3.63, 3.8) is 0 Å². The lowest BCUT2D eigenvalue weighted by Gasteiger charge is -2.38. The molecule has 0 aromatic carbocycles. The van der Waals surface area contributed by atoms with Crippen LogP contribution in [-0.4, -0.2) is 77.9 Å². The molecule has 8 nitrogen and oxygen atoms in total. The Morgan fingerprint density at radius 3 is 1.79 bits per heavy atom. The molecule has 2 unspecified atom stereocenters. The van der Waals surface area contributed by atoms with E-state index >= 15 is 0 Å². The first-order chi connectivity index (χ1) is 14.7. The Hall–Kier alpha value is -1.19. The molecule has 0 aromatic rings. The average Bonchev–Trinajstić information content (AvgIpc) is 2.70. The minimum atomic E-state index is -1.31. The molecule has 1 N–H and O–H groups in total.